The summed E-state index contributed by atoms with van der Waals surface area (Å²) in [7, 11) is 0. The van der Waals surface area contributed by atoms with Crippen molar-refractivity contribution in [3.05, 3.63) is 35.4 Å². The predicted molar refractivity (Wildman–Crippen MR) is 73.3 cm³/mol. The fourth-order valence-corrected chi connectivity index (χ4v) is 2.27. The number of rotatable bonds is 4. The maximum absolute atomic E-state index is 12.0. The third-order valence-corrected chi connectivity index (χ3v) is 3.45. The van der Waals surface area contributed by atoms with E-state index in [4.69, 9.17) is 9.84 Å². The Balaban J connectivity index is 2.05. The molecule has 1 aliphatic heterocycles. The van der Waals surface area contributed by atoms with Gasteiger partial charge in [-0.15, -0.1) is 0 Å². The molecule has 1 heterocycles. The molecule has 108 valence electrons. The Labute approximate surface area is 117 Å². The van der Waals surface area contributed by atoms with Gasteiger partial charge in [0.25, 0.3) is 0 Å². The first kappa shape index (κ1) is 14.5. The summed E-state index contributed by atoms with van der Waals surface area (Å²) in [5, 5.41) is 11.5. The van der Waals surface area contributed by atoms with Gasteiger partial charge in [0.05, 0.1) is 19.1 Å². The second kappa shape index (κ2) is 5.63. The highest BCUT2D eigenvalue weighted by molar-refractivity contribution is 5.86. The van der Waals surface area contributed by atoms with Crippen LogP contribution >= 0.6 is 0 Å². The summed E-state index contributed by atoms with van der Waals surface area (Å²) in [5.74, 6) is -1.38. The van der Waals surface area contributed by atoms with Gasteiger partial charge in [0.2, 0.25) is 5.91 Å². The van der Waals surface area contributed by atoms with Crippen LogP contribution in [-0.4, -0.2) is 29.1 Å². The van der Waals surface area contributed by atoms with Crippen LogP contribution in [0.2, 0.25) is 0 Å². The SMILES string of the molecule is CC(C)(NC(=O)CC1OCCc2ccccc21)C(=O)O. The molecule has 1 atom stereocenters. The molecule has 0 radical (unpaired) electrons. The molecule has 2 rings (SSSR count). The van der Waals surface area contributed by atoms with Crippen molar-refractivity contribution in [2.45, 2.75) is 38.3 Å². The van der Waals surface area contributed by atoms with E-state index in [2.05, 4.69) is 5.32 Å². The van der Waals surface area contributed by atoms with Gasteiger partial charge >= 0.3 is 5.97 Å². The molecule has 0 spiro atoms. The van der Waals surface area contributed by atoms with Crippen LogP contribution in [0, 0.1) is 0 Å². The number of nitrogens with one attached hydrogen (secondary N) is 1. The van der Waals surface area contributed by atoms with Crippen LogP contribution in [0.5, 0.6) is 0 Å². The third-order valence-electron chi connectivity index (χ3n) is 3.45. The molecule has 1 amide bonds. The van der Waals surface area contributed by atoms with Gasteiger partial charge in [-0.1, -0.05) is 24.3 Å². The zero-order valence-corrected chi connectivity index (χ0v) is 11.7. The molecule has 1 aromatic rings. The zero-order chi connectivity index (χ0) is 14.8. The van der Waals surface area contributed by atoms with Crippen LogP contribution in [-0.2, 0) is 20.7 Å². The van der Waals surface area contributed by atoms with E-state index in [-0.39, 0.29) is 18.4 Å². The average Bonchev–Trinajstić information content (AvgIpc) is 2.38. The summed E-state index contributed by atoms with van der Waals surface area (Å²) < 4.78 is 5.64. The Morgan fingerprint density at radius 3 is 2.80 bits per heavy atom. The molecule has 20 heavy (non-hydrogen) atoms. The Bertz CT molecular complexity index is 524. The normalized spacial score (nSPS) is 18.2. The lowest BCUT2D eigenvalue weighted by Gasteiger charge is -2.27. The highest BCUT2D eigenvalue weighted by Crippen LogP contribution is 2.29. The molecule has 1 unspecified atom stereocenters. The summed E-state index contributed by atoms with van der Waals surface area (Å²) in [5.41, 5.74) is 0.932. The number of carboxylic acid groups (broad SMARTS) is 1. The number of aliphatic carboxylic acids is 1. The fourth-order valence-electron chi connectivity index (χ4n) is 2.27. The van der Waals surface area contributed by atoms with Crippen molar-refractivity contribution in [3.8, 4) is 0 Å². The maximum atomic E-state index is 12.0. The van der Waals surface area contributed by atoms with Crippen molar-refractivity contribution in [3.63, 3.8) is 0 Å². The van der Waals surface area contributed by atoms with Crippen molar-refractivity contribution in [1.29, 1.82) is 0 Å². The minimum atomic E-state index is -1.27. The highest BCUT2D eigenvalue weighted by atomic mass is 16.5. The van der Waals surface area contributed by atoms with Gasteiger partial charge < -0.3 is 15.2 Å². The van der Waals surface area contributed by atoms with Gasteiger partial charge in [-0.2, -0.15) is 0 Å². The van der Waals surface area contributed by atoms with Crippen molar-refractivity contribution >= 4 is 11.9 Å². The lowest BCUT2D eigenvalue weighted by atomic mass is 9.95. The smallest absolute Gasteiger partial charge is 0.328 e. The van der Waals surface area contributed by atoms with Crippen molar-refractivity contribution in [2.75, 3.05) is 6.61 Å². The number of carbonyl (C=O) groups excluding carboxylic acids is 1. The molecule has 1 aliphatic rings. The van der Waals surface area contributed by atoms with Gasteiger partial charge in [0, 0.05) is 0 Å². The molecule has 0 fully saturated rings. The standard InChI is InChI=1S/C15H19NO4/c1-15(2,14(18)19)16-13(17)9-12-11-6-4-3-5-10(11)7-8-20-12/h3-6,12H,7-9H2,1-2H3,(H,16,17)(H,18,19). The Morgan fingerprint density at radius 2 is 2.10 bits per heavy atom. The van der Waals surface area contributed by atoms with E-state index in [0.717, 1.165) is 12.0 Å². The summed E-state index contributed by atoms with van der Waals surface area (Å²) in [6.07, 6.45) is 0.673. The third kappa shape index (κ3) is 3.17. The summed E-state index contributed by atoms with van der Waals surface area (Å²) in [6, 6.07) is 7.87. The molecule has 0 bridgehead atoms. The Morgan fingerprint density at radius 1 is 1.40 bits per heavy atom. The summed E-state index contributed by atoms with van der Waals surface area (Å²) in [4.78, 5) is 23.0. The number of carbonyl (C=O) groups is 2. The van der Waals surface area contributed by atoms with Crippen LogP contribution in [0.15, 0.2) is 24.3 Å². The molecule has 5 heteroatoms. The van der Waals surface area contributed by atoms with Crippen LogP contribution in [0.4, 0.5) is 0 Å². The van der Waals surface area contributed by atoms with E-state index < -0.39 is 11.5 Å². The average molecular weight is 277 g/mol. The van der Waals surface area contributed by atoms with Crippen LogP contribution in [0.25, 0.3) is 0 Å². The van der Waals surface area contributed by atoms with Crippen LogP contribution in [0.3, 0.4) is 0 Å². The van der Waals surface area contributed by atoms with Crippen LogP contribution < -0.4 is 5.32 Å². The monoisotopic (exact) mass is 277 g/mol. The van der Waals surface area contributed by atoms with Crippen LogP contribution in [0.1, 0.15) is 37.5 Å². The first-order valence-corrected chi connectivity index (χ1v) is 6.64. The Kier molecular flexibility index (Phi) is 4.09. The predicted octanol–water partition coefficient (Wildman–Crippen LogP) is 1.67. The lowest BCUT2D eigenvalue weighted by Crippen LogP contribution is -2.50. The lowest BCUT2D eigenvalue weighted by molar-refractivity contribution is -0.146. The maximum Gasteiger partial charge on any atom is 0.328 e. The van der Waals surface area contributed by atoms with Gasteiger partial charge in [0.15, 0.2) is 0 Å². The number of ether oxygens (including phenoxy) is 1. The minimum absolute atomic E-state index is 0.133. The number of hydrogen-bond acceptors (Lipinski definition) is 3. The van der Waals surface area contributed by atoms with E-state index in [1.54, 1.807) is 0 Å². The first-order valence-electron chi connectivity index (χ1n) is 6.64. The molecule has 0 saturated carbocycles. The number of carboxylic acids is 1. The number of benzene rings is 1. The van der Waals surface area contributed by atoms with Gasteiger partial charge in [-0.3, -0.25) is 4.79 Å². The van der Waals surface area contributed by atoms with Gasteiger partial charge in [0.1, 0.15) is 5.54 Å². The molecule has 0 aromatic heterocycles. The second-order valence-electron chi connectivity index (χ2n) is 5.49. The van der Waals surface area contributed by atoms with Crippen molar-refractivity contribution < 1.29 is 19.4 Å². The zero-order valence-electron chi connectivity index (χ0n) is 11.7. The van der Waals surface area contributed by atoms with Gasteiger partial charge in [-0.05, 0) is 31.4 Å². The van der Waals surface area contributed by atoms with E-state index in [0.29, 0.717) is 6.61 Å². The molecule has 0 saturated heterocycles. The van der Waals surface area contributed by atoms with Crippen molar-refractivity contribution in [2.24, 2.45) is 0 Å². The summed E-state index contributed by atoms with van der Waals surface area (Å²) >= 11 is 0. The van der Waals surface area contributed by atoms with E-state index >= 15 is 0 Å². The number of fused-ring (bicyclic) bond motifs is 1. The summed E-state index contributed by atoms with van der Waals surface area (Å²) in [6.45, 7) is 3.50. The van der Waals surface area contributed by atoms with E-state index in [1.807, 2.05) is 24.3 Å². The van der Waals surface area contributed by atoms with E-state index in [1.165, 1.54) is 19.4 Å². The Hall–Kier alpha value is -1.88. The largest absolute Gasteiger partial charge is 0.480 e. The highest BCUT2D eigenvalue weighted by Gasteiger charge is 2.31. The number of amides is 1. The molecular weight excluding hydrogens is 258 g/mol. The molecule has 0 aliphatic carbocycles. The van der Waals surface area contributed by atoms with Gasteiger partial charge in [-0.25, -0.2) is 4.79 Å². The van der Waals surface area contributed by atoms with E-state index in [9.17, 15) is 9.59 Å². The molecule has 5 nitrogen and oxygen atoms in total. The quantitative estimate of drug-likeness (QED) is 0.877. The molecular formula is C15H19NO4. The number of hydrogen-bond donors (Lipinski definition) is 2. The topological polar surface area (TPSA) is 75.6 Å². The molecule has 1 aromatic carbocycles. The second-order valence-corrected chi connectivity index (χ2v) is 5.49. The molecule has 2 N–H and O–H groups in total. The van der Waals surface area contributed by atoms with Crippen molar-refractivity contribution in [1.82, 2.24) is 5.32 Å². The fraction of sp³-hybridized carbons (Fsp3) is 0.467. The first-order chi connectivity index (χ1) is 9.40. The minimum Gasteiger partial charge on any atom is -0.480 e.